The van der Waals surface area contributed by atoms with Crippen LogP contribution in [0.25, 0.3) is 0 Å². The zero-order valence-electron chi connectivity index (χ0n) is 11.5. The molecule has 1 amide bonds. The zero-order chi connectivity index (χ0) is 14.1. The normalized spacial score (nSPS) is 18.3. The third-order valence-electron chi connectivity index (χ3n) is 4.43. The number of carboxylic acid groups (broad SMARTS) is 1. The molecule has 2 aliphatic rings. The predicted octanol–water partition coefficient (Wildman–Crippen LogP) is 2.85. The second-order valence-electron chi connectivity index (χ2n) is 5.80. The molecule has 1 N–H and O–H groups in total. The van der Waals surface area contributed by atoms with Crippen LogP contribution in [0.1, 0.15) is 48.0 Å². The Morgan fingerprint density at radius 2 is 2.05 bits per heavy atom. The van der Waals surface area contributed by atoms with Gasteiger partial charge in [-0.05, 0) is 55.4 Å². The van der Waals surface area contributed by atoms with Crippen LogP contribution in [0.2, 0.25) is 0 Å². The van der Waals surface area contributed by atoms with E-state index in [1.54, 1.807) is 18.2 Å². The minimum atomic E-state index is -0.911. The maximum absolute atomic E-state index is 12.4. The van der Waals surface area contributed by atoms with Crippen LogP contribution in [0, 0.1) is 5.92 Å². The molecule has 1 saturated carbocycles. The SMILES string of the molecule is O=C(O)c1ccc2c(c1)CCCN2C(=O)CC1CCC1. The number of carboxylic acids is 1. The monoisotopic (exact) mass is 273 g/mol. The van der Waals surface area contributed by atoms with Crippen molar-refractivity contribution in [1.29, 1.82) is 0 Å². The third kappa shape index (κ3) is 2.42. The van der Waals surface area contributed by atoms with E-state index in [4.69, 9.17) is 5.11 Å². The quantitative estimate of drug-likeness (QED) is 0.921. The first-order chi connectivity index (χ1) is 9.65. The Labute approximate surface area is 118 Å². The minimum Gasteiger partial charge on any atom is -0.478 e. The molecule has 1 heterocycles. The Morgan fingerprint density at radius 1 is 1.25 bits per heavy atom. The molecule has 0 spiro atoms. The van der Waals surface area contributed by atoms with Crippen molar-refractivity contribution < 1.29 is 14.7 Å². The molecule has 1 aliphatic carbocycles. The summed E-state index contributed by atoms with van der Waals surface area (Å²) in [6.45, 7) is 0.755. The highest BCUT2D eigenvalue weighted by atomic mass is 16.4. The van der Waals surface area contributed by atoms with Crippen molar-refractivity contribution in [2.45, 2.75) is 38.5 Å². The van der Waals surface area contributed by atoms with E-state index >= 15 is 0 Å². The van der Waals surface area contributed by atoms with E-state index in [1.807, 2.05) is 4.90 Å². The van der Waals surface area contributed by atoms with E-state index in [1.165, 1.54) is 19.3 Å². The number of carbonyl (C=O) groups is 2. The molecule has 0 saturated heterocycles. The number of hydrogen-bond acceptors (Lipinski definition) is 2. The summed E-state index contributed by atoms with van der Waals surface area (Å²) in [7, 11) is 0. The van der Waals surface area contributed by atoms with Gasteiger partial charge in [-0.3, -0.25) is 4.79 Å². The van der Waals surface area contributed by atoms with Gasteiger partial charge in [-0.25, -0.2) is 4.79 Å². The van der Waals surface area contributed by atoms with Crippen molar-refractivity contribution in [3.05, 3.63) is 29.3 Å². The van der Waals surface area contributed by atoms with Gasteiger partial charge < -0.3 is 10.0 Å². The maximum atomic E-state index is 12.4. The molecule has 3 rings (SSSR count). The van der Waals surface area contributed by atoms with Crippen LogP contribution in [0.3, 0.4) is 0 Å². The molecule has 1 aromatic carbocycles. The summed E-state index contributed by atoms with van der Waals surface area (Å²) in [6, 6.07) is 5.09. The topological polar surface area (TPSA) is 57.6 Å². The third-order valence-corrected chi connectivity index (χ3v) is 4.43. The predicted molar refractivity (Wildman–Crippen MR) is 76.0 cm³/mol. The molecule has 106 valence electrons. The minimum absolute atomic E-state index is 0.193. The average molecular weight is 273 g/mol. The first-order valence-electron chi connectivity index (χ1n) is 7.32. The van der Waals surface area contributed by atoms with Crippen LogP contribution in [0.4, 0.5) is 5.69 Å². The molecule has 20 heavy (non-hydrogen) atoms. The molecule has 1 aromatic rings. The molecular weight excluding hydrogens is 254 g/mol. The van der Waals surface area contributed by atoms with E-state index in [2.05, 4.69) is 0 Å². The zero-order valence-corrected chi connectivity index (χ0v) is 11.5. The highest BCUT2D eigenvalue weighted by molar-refractivity contribution is 5.96. The van der Waals surface area contributed by atoms with Crippen LogP contribution in [0.15, 0.2) is 18.2 Å². The van der Waals surface area contributed by atoms with Crippen molar-refractivity contribution in [3.63, 3.8) is 0 Å². The fraction of sp³-hybridized carbons (Fsp3) is 0.500. The van der Waals surface area contributed by atoms with Gasteiger partial charge >= 0.3 is 5.97 Å². The molecule has 4 nitrogen and oxygen atoms in total. The van der Waals surface area contributed by atoms with Crippen molar-refractivity contribution in [1.82, 2.24) is 0 Å². The molecule has 0 aromatic heterocycles. The van der Waals surface area contributed by atoms with Gasteiger partial charge in [0.05, 0.1) is 5.56 Å². The Bertz CT molecular complexity index is 549. The van der Waals surface area contributed by atoms with Crippen LogP contribution >= 0.6 is 0 Å². The lowest BCUT2D eigenvalue weighted by Gasteiger charge is -2.32. The summed E-state index contributed by atoms with van der Waals surface area (Å²) >= 11 is 0. The smallest absolute Gasteiger partial charge is 0.335 e. The first kappa shape index (κ1) is 13.2. The number of fused-ring (bicyclic) bond motifs is 1. The summed E-state index contributed by atoms with van der Waals surface area (Å²) < 4.78 is 0. The van der Waals surface area contributed by atoms with Gasteiger partial charge in [0.2, 0.25) is 5.91 Å². The number of carbonyl (C=O) groups excluding carboxylic acids is 1. The summed E-state index contributed by atoms with van der Waals surface area (Å²) in [6.07, 6.45) is 5.99. The van der Waals surface area contributed by atoms with Crippen molar-refractivity contribution in [3.8, 4) is 0 Å². The van der Waals surface area contributed by atoms with Gasteiger partial charge in [-0.1, -0.05) is 6.42 Å². The van der Waals surface area contributed by atoms with Crippen molar-refractivity contribution in [2.75, 3.05) is 11.4 Å². The fourth-order valence-corrected chi connectivity index (χ4v) is 3.04. The van der Waals surface area contributed by atoms with Crippen LogP contribution in [-0.4, -0.2) is 23.5 Å². The molecular formula is C16H19NO3. The standard InChI is InChI=1S/C16H19NO3/c18-15(9-11-3-1-4-11)17-8-2-5-12-10-13(16(19)20)6-7-14(12)17/h6-7,10-11H,1-5,8-9H2,(H,19,20). The number of amides is 1. The van der Waals surface area contributed by atoms with Crippen LogP contribution in [0.5, 0.6) is 0 Å². The van der Waals surface area contributed by atoms with Gasteiger partial charge in [0.1, 0.15) is 0 Å². The molecule has 0 bridgehead atoms. The number of nitrogens with zero attached hydrogens (tertiary/aromatic N) is 1. The van der Waals surface area contributed by atoms with Gasteiger partial charge in [0.25, 0.3) is 0 Å². The molecule has 4 heteroatoms. The number of aryl methyl sites for hydroxylation is 1. The Kier molecular flexibility index (Phi) is 3.47. The average Bonchev–Trinajstić information content (AvgIpc) is 2.41. The van der Waals surface area contributed by atoms with Crippen LogP contribution in [-0.2, 0) is 11.2 Å². The lowest BCUT2D eigenvalue weighted by Crippen LogP contribution is -2.37. The molecule has 1 aliphatic heterocycles. The van der Waals surface area contributed by atoms with Gasteiger partial charge in [0, 0.05) is 18.7 Å². The first-order valence-corrected chi connectivity index (χ1v) is 7.32. The van der Waals surface area contributed by atoms with E-state index in [0.29, 0.717) is 17.9 Å². The van der Waals surface area contributed by atoms with E-state index in [0.717, 1.165) is 30.6 Å². The van der Waals surface area contributed by atoms with Crippen molar-refractivity contribution >= 4 is 17.6 Å². The van der Waals surface area contributed by atoms with E-state index < -0.39 is 5.97 Å². The van der Waals surface area contributed by atoms with E-state index in [9.17, 15) is 9.59 Å². The largest absolute Gasteiger partial charge is 0.478 e. The lowest BCUT2D eigenvalue weighted by atomic mass is 9.82. The van der Waals surface area contributed by atoms with Crippen LogP contribution < -0.4 is 4.90 Å². The molecule has 0 radical (unpaired) electrons. The molecule has 0 unspecified atom stereocenters. The van der Waals surface area contributed by atoms with Gasteiger partial charge in [-0.2, -0.15) is 0 Å². The number of aromatic carboxylic acids is 1. The number of rotatable bonds is 3. The molecule has 0 atom stereocenters. The summed E-state index contributed by atoms with van der Waals surface area (Å²) in [5, 5.41) is 9.04. The summed E-state index contributed by atoms with van der Waals surface area (Å²) in [5.41, 5.74) is 2.20. The lowest BCUT2D eigenvalue weighted by molar-refractivity contribution is -0.120. The highest BCUT2D eigenvalue weighted by Crippen LogP contribution is 2.33. The second-order valence-corrected chi connectivity index (χ2v) is 5.80. The summed E-state index contributed by atoms with van der Waals surface area (Å²) in [5.74, 6) is -0.157. The Hall–Kier alpha value is -1.84. The fourth-order valence-electron chi connectivity index (χ4n) is 3.04. The Balaban J connectivity index is 1.81. The second kappa shape index (κ2) is 5.27. The number of benzene rings is 1. The number of hydrogen-bond donors (Lipinski definition) is 1. The molecule has 1 fully saturated rings. The van der Waals surface area contributed by atoms with Gasteiger partial charge in [0.15, 0.2) is 0 Å². The summed E-state index contributed by atoms with van der Waals surface area (Å²) in [4.78, 5) is 25.3. The van der Waals surface area contributed by atoms with Gasteiger partial charge in [-0.15, -0.1) is 0 Å². The number of anilines is 1. The maximum Gasteiger partial charge on any atom is 0.335 e. The Morgan fingerprint density at radius 3 is 2.70 bits per heavy atom. The highest BCUT2D eigenvalue weighted by Gasteiger charge is 2.27. The van der Waals surface area contributed by atoms with Crippen molar-refractivity contribution in [2.24, 2.45) is 5.92 Å². The van der Waals surface area contributed by atoms with E-state index in [-0.39, 0.29) is 5.91 Å².